The third-order valence-corrected chi connectivity index (χ3v) is 3.25. The second kappa shape index (κ2) is 6.75. The number of aromatic amines is 1. The minimum atomic E-state index is -0.0677. The number of benzene rings is 1. The maximum atomic E-state index is 11.7. The second-order valence-corrected chi connectivity index (χ2v) is 4.63. The molecule has 5 nitrogen and oxygen atoms in total. The van der Waals surface area contributed by atoms with Crippen LogP contribution in [0.2, 0.25) is 0 Å². The Morgan fingerprint density at radius 2 is 1.95 bits per heavy atom. The van der Waals surface area contributed by atoms with Gasteiger partial charge in [-0.15, -0.1) is 0 Å². The molecule has 0 unspecified atom stereocenters. The Labute approximate surface area is 117 Å². The molecule has 0 atom stereocenters. The summed E-state index contributed by atoms with van der Waals surface area (Å²) in [5, 5.41) is 6.43. The average molecular weight is 273 g/mol. The molecule has 0 aliphatic heterocycles. The highest BCUT2D eigenvalue weighted by molar-refractivity contribution is 5.84. The number of aromatic nitrogens is 1. The van der Waals surface area contributed by atoms with Gasteiger partial charge in [-0.2, -0.15) is 0 Å². The number of H-pyrrole nitrogens is 1. The monoisotopic (exact) mass is 273 g/mol. The molecule has 2 rings (SSSR count). The first-order chi connectivity index (χ1) is 9.70. The predicted octanol–water partition coefficient (Wildman–Crippen LogP) is 1.35. The van der Waals surface area contributed by atoms with E-state index in [4.69, 9.17) is 0 Å². The predicted molar refractivity (Wildman–Crippen MR) is 78.3 cm³/mol. The maximum absolute atomic E-state index is 11.7. The summed E-state index contributed by atoms with van der Waals surface area (Å²) in [5.41, 5.74) is 2.23. The van der Waals surface area contributed by atoms with E-state index in [2.05, 4.69) is 15.6 Å². The Morgan fingerprint density at radius 3 is 2.75 bits per heavy atom. The number of hydrogen-bond acceptors (Lipinski definition) is 2. The molecule has 5 heteroatoms. The summed E-state index contributed by atoms with van der Waals surface area (Å²) in [6, 6.07) is 8.03. The molecule has 0 saturated carbocycles. The summed E-state index contributed by atoms with van der Waals surface area (Å²) in [4.78, 5) is 25.9. The summed E-state index contributed by atoms with van der Waals surface area (Å²) in [6.45, 7) is 0.381. The van der Waals surface area contributed by atoms with Crippen molar-refractivity contribution in [2.75, 3.05) is 13.6 Å². The lowest BCUT2D eigenvalue weighted by Crippen LogP contribution is -2.29. The van der Waals surface area contributed by atoms with Gasteiger partial charge in [-0.3, -0.25) is 9.59 Å². The first-order valence-electron chi connectivity index (χ1n) is 6.73. The third kappa shape index (κ3) is 3.60. The van der Waals surface area contributed by atoms with Crippen LogP contribution in [-0.4, -0.2) is 30.4 Å². The van der Waals surface area contributed by atoms with Crippen molar-refractivity contribution in [3.8, 4) is 0 Å². The van der Waals surface area contributed by atoms with Gasteiger partial charge in [-0.1, -0.05) is 18.2 Å². The summed E-state index contributed by atoms with van der Waals surface area (Å²) >= 11 is 0. The molecule has 1 heterocycles. The van der Waals surface area contributed by atoms with Gasteiger partial charge in [-0.05, 0) is 18.1 Å². The lowest BCUT2D eigenvalue weighted by Gasteiger charge is -2.04. The zero-order chi connectivity index (χ0) is 14.4. The van der Waals surface area contributed by atoms with Crippen LogP contribution in [0.1, 0.15) is 18.4 Å². The van der Waals surface area contributed by atoms with Crippen molar-refractivity contribution < 1.29 is 9.59 Å². The van der Waals surface area contributed by atoms with Gasteiger partial charge >= 0.3 is 0 Å². The number of nitrogens with one attached hydrogen (secondary N) is 3. The number of amides is 2. The molecule has 1 aromatic heterocycles. The SMILES string of the molecule is CNC(=O)CCNC(=O)CCc1c[nH]c2ccccc12. The maximum Gasteiger partial charge on any atom is 0.221 e. The largest absolute Gasteiger partial charge is 0.361 e. The second-order valence-electron chi connectivity index (χ2n) is 4.63. The summed E-state index contributed by atoms with van der Waals surface area (Å²) in [7, 11) is 1.58. The molecule has 0 radical (unpaired) electrons. The quantitative estimate of drug-likeness (QED) is 0.743. The fourth-order valence-corrected chi connectivity index (χ4v) is 2.12. The number of carbonyl (C=O) groups excluding carboxylic acids is 2. The van der Waals surface area contributed by atoms with Crippen LogP contribution < -0.4 is 10.6 Å². The van der Waals surface area contributed by atoms with E-state index in [1.54, 1.807) is 7.05 Å². The van der Waals surface area contributed by atoms with Crippen molar-refractivity contribution in [2.24, 2.45) is 0 Å². The molecule has 1 aromatic carbocycles. The molecule has 20 heavy (non-hydrogen) atoms. The van der Waals surface area contributed by atoms with Crippen molar-refractivity contribution in [3.63, 3.8) is 0 Å². The molecule has 0 fully saturated rings. The van der Waals surface area contributed by atoms with E-state index in [-0.39, 0.29) is 11.8 Å². The summed E-state index contributed by atoms with van der Waals surface area (Å²) in [5.74, 6) is -0.0962. The molecule has 0 aliphatic rings. The lowest BCUT2D eigenvalue weighted by molar-refractivity contribution is -0.122. The molecule has 0 saturated heterocycles. The van der Waals surface area contributed by atoms with Gasteiger partial charge in [0.05, 0.1) is 0 Å². The fourth-order valence-electron chi connectivity index (χ4n) is 2.12. The highest BCUT2D eigenvalue weighted by Crippen LogP contribution is 2.18. The first-order valence-corrected chi connectivity index (χ1v) is 6.73. The molecule has 0 bridgehead atoms. The van der Waals surface area contributed by atoms with Crippen molar-refractivity contribution in [1.82, 2.24) is 15.6 Å². The Bertz CT molecular complexity index is 604. The van der Waals surface area contributed by atoms with Gasteiger partial charge in [-0.25, -0.2) is 0 Å². The number of carbonyl (C=O) groups is 2. The van der Waals surface area contributed by atoms with E-state index in [0.29, 0.717) is 25.8 Å². The van der Waals surface area contributed by atoms with E-state index in [1.165, 1.54) is 0 Å². The molecular weight excluding hydrogens is 254 g/mol. The molecule has 2 aromatic rings. The van der Waals surface area contributed by atoms with Crippen LogP contribution in [0.4, 0.5) is 0 Å². The Morgan fingerprint density at radius 1 is 1.15 bits per heavy atom. The molecule has 106 valence electrons. The van der Waals surface area contributed by atoms with E-state index >= 15 is 0 Å². The first kappa shape index (κ1) is 14.1. The molecular formula is C15H19N3O2. The van der Waals surface area contributed by atoms with Gasteiger partial charge in [0.1, 0.15) is 0 Å². The molecule has 2 amide bonds. The molecule has 3 N–H and O–H groups in total. The number of fused-ring (bicyclic) bond motifs is 1. The number of rotatable bonds is 6. The number of para-hydroxylation sites is 1. The van der Waals surface area contributed by atoms with Crippen molar-refractivity contribution >= 4 is 22.7 Å². The molecule has 0 spiro atoms. The van der Waals surface area contributed by atoms with Crippen LogP contribution in [-0.2, 0) is 16.0 Å². The van der Waals surface area contributed by atoms with E-state index in [9.17, 15) is 9.59 Å². The topological polar surface area (TPSA) is 74.0 Å². The van der Waals surface area contributed by atoms with Gasteiger partial charge < -0.3 is 15.6 Å². The third-order valence-electron chi connectivity index (χ3n) is 3.25. The van der Waals surface area contributed by atoms with E-state index in [1.807, 2.05) is 30.5 Å². The number of aryl methyl sites for hydroxylation is 1. The Balaban J connectivity index is 1.80. The zero-order valence-corrected chi connectivity index (χ0v) is 11.5. The van der Waals surface area contributed by atoms with Crippen LogP contribution in [0.5, 0.6) is 0 Å². The van der Waals surface area contributed by atoms with Gasteiger partial charge in [0.2, 0.25) is 11.8 Å². The van der Waals surface area contributed by atoms with Gasteiger partial charge in [0, 0.05) is 43.5 Å². The van der Waals surface area contributed by atoms with Crippen LogP contribution in [0.25, 0.3) is 10.9 Å². The minimum absolute atomic E-state index is 0.0285. The van der Waals surface area contributed by atoms with E-state index in [0.717, 1.165) is 16.5 Å². The normalized spacial score (nSPS) is 10.4. The fraction of sp³-hybridized carbons (Fsp3) is 0.333. The minimum Gasteiger partial charge on any atom is -0.361 e. The average Bonchev–Trinajstić information content (AvgIpc) is 2.88. The van der Waals surface area contributed by atoms with Crippen LogP contribution in [0.3, 0.4) is 0 Å². The van der Waals surface area contributed by atoms with Gasteiger partial charge in [0.15, 0.2) is 0 Å². The molecule has 0 aliphatic carbocycles. The van der Waals surface area contributed by atoms with Crippen molar-refractivity contribution in [3.05, 3.63) is 36.0 Å². The van der Waals surface area contributed by atoms with Gasteiger partial charge in [0.25, 0.3) is 0 Å². The van der Waals surface area contributed by atoms with E-state index < -0.39 is 0 Å². The van der Waals surface area contributed by atoms with Crippen LogP contribution in [0, 0.1) is 0 Å². The highest BCUT2D eigenvalue weighted by atomic mass is 16.2. The highest BCUT2D eigenvalue weighted by Gasteiger charge is 2.07. The van der Waals surface area contributed by atoms with Crippen LogP contribution >= 0.6 is 0 Å². The van der Waals surface area contributed by atoms with Crippen molar-refractivity contribution in [1.29, 1.82) is 0 Å². The number of hydrogen-bond donors (Lipinski definition) is 3. The summed E-state index contributed by atoms with van der Waals surface area (Å²) in [6.07, 6.45) is 3.38. The smallest absolute Gasteiger partial charge is 0.221 e. The Hall–Kier alpha value is -2.30. The zero-order valence-electron chi connectivity index (χ0n) is 11.5. The lowest BCUT2D eigenvalue weighted by atomic mass is 10.1. The Kier molecular flexibility index (Phi) is 4.76. The standard InChI is InChI=1S/C15H19N3O2/c1-16-14(19)8-9-17-15(20)7-6-11-10-18-13-5-3-2-4-12(11)13/h2-5,10,18H,6-9H2,1H3,(H,16,19)(H,17,20). The van der Waals surface area contributed by atoms with Crippen molar-refractivity contribution in [2.45, 2.75) is 19.3 Å². The van der Waals surface area contributed by atoms with Crippen LogP contribution in [0.15, 0.2) is 30.5 Å². The summed E-state index contributed by atoms with van der Waals surface area (Å²) < 4.78 is 0.